The van der Waals surface area contributed by atoms with Crippen LogP contribution in [0.25, 0.3) is 0 Å². The Morgan fingerprint density at radius 1 is 1.14 bits per heavy atom. The molecule has 6 heteroatoms. The van der Waals surface area contributed by atoms with Crippen molar-refractivity contribution in [1.82, 2.24) is 20.3 Å². The highest BCUT2D eigenvalue weighted by Gasteiger charge is 2.31. The highest BCUT2D eigenvalue weighted by molar-refractivity contribution is 5.04. The molecule has 0 amide bonds. The van der Waals surface area contributed by atoms with Gasteiger partial charge in [0.05, 0.1) is 0 Å². The van der Waals surface area contributed by atoms with Gasteiger partial charge in [0.2, 0.25) is 17.7 Å². The molecule has 1 unspecified atom stereocenters. The molecule has 0 aliphatic carbocycles. The Balaban J connectivity index is 2.10. The van der Waals surface area contributed by atoms with Crippen molar-refractivity contribution in [3.63, 3.8) is 0 Å². The summed E-state index contributed by atoms with van der Waals surface area (Å²) in [4.78, 5) is 4.46. The summed E-state index contributed by atoms with van der Waals surface area (Å²) in [6.07, 6.45) is 1.55. The fraction of sp³-hybridized carbons (Fsp3) is 0.733. The largest absolute Gasteiger partial charge is 0.425 e. The van der Waals surface area contributed by atoms with Crippen molar-refractivity contribution in [3.05, 3.63) is 23.5 Å². The summed E-state index contributed by atoms with van der Waals surface area (Å²) in [6, 6.07) is 0. The van der Waals surface area contributed by atoms with Crippen LogP contribution in [-0.2, 0) is 11.8 Å². The smallest absolute Gasteiger partial charge is 0.229 e. The molecule has 0 bridgehead atoms. The van der Waals surface area contributed by atoms with E-state index in [2.05, 4.69) is 41.1 Å². The summed E-state index contributed by atoms with van der Waals surface area (Å²) in [5, 5.41) is 12.2. The minimum absolute atomic E-state index is 0.136. The van der Waals surface area contributed by atoms with Gasteiger partial charge in [0.1, 0.15) is 0 Å². The highest BCUT2D eigenvalue weighted by atomic mass is 16.5. The van der Waals surface area contributed by atoms with Crippen LogP contribution in [0.5, 0.6) is 0 Å². The summed E-state index contributed by atoms with van der Waals surface area (Å²) in [5.74, 6) is 3.16. The van der Waals surface area contributed by atoms with Gasteiger partial charge in [-0.2, -0.15) is 4.98 Å². The SMILES string of the molecule is CCc1nnc(C(C)(C)CC(C)c2nc(C(C)C)no2)o1. The lowest BCUT2D eigenvalue weighted by Gasteiger charge is -2.22. The molecule has 2 rings (SSSR count). The maximum Gasteiger partial charge on any atom is 0.229 e. The van der Waals surface area contributed by atoms with Gasteiger partial charge in [0, 0.05) is 23.7 Å². The van der Waals surface area contributed by atoms with Crippen molar-refractivity contribution >= 4 is 0 Å². The Morgan fingerprint density at radius 3 is 2.38 bits per heavy atom. The van der Waals surface area contributed by atoms with Gasteiger partial charge in [-0.25, -0.2) is 0 Å². The number of hydrogen-bond donors (Lipinski definition) is 0. The van der Waals surface area contributed by atoms with Crippen LogP contribution in [-0.4, -0.2) is 20.3 Å². The molecule has 2 heterocycles. The van der Waals surface area contributed by atoms with Gasteiger partial charge in [0.25, 0.3) is 0 Å². The number of aromatic nitrogens is 4. The van der Waals surface area contributed by atoms with E-state index < -0.39 is 0 Å². The van der Waals surface area contributed by atoms with Gasteiger partial charge in [-0.3, -0.25) is 0 Å². The second kappa shape index (κ2) is 5.95. The number of aryl methyl sites for hydroxylation is 1. The third-order valence-corrected chi connectivity index (χ3v) is 3.56. The molecule has 0 spiro atoms. The van der Waals surface area contributed by atoms with E-state index in [4.69, 9.17) is 8.94 Å². The van der Waals surface area contributed by atoms with E-state index in [0.29, 0.717) is 17.7 Å². The lowest BCUT2D eigenvalue weighted by atomic mass is 9.83. The Kier molecular flexibility index (Phi) is 4.44. The van der Waals surface area contributed by atoms with Crippen LogP contribution in [0.4, 0.5) is 0 Å². The van der Waals surface area contributed by atoms with Crippen LogP contribution in [0.2, 0.25) is 0 Å². The van der Waals surface area contributed by atoms with Gasteiger partial charge in [-0.05, 0) is 6.42 Å². The molecular formula is C15H24N4O2. The van der Waals surface area contributed by atoms with Crippen molar-refractivity contribution in [2.45, 2.75) is 71.6 Å². The lowest BCUT2D eigenvalue weighted by molar-refractivity contribution is 0.289. The van der Waals surface area contributed by atoms with Crippen LogP contribution in [0.15, 0.2) is 8.94 Å². The van der Waals surface area contributed by atoms with Crippen molar-refractivity contribution in [1.29, 1.82) is 0 Å². The van der Waals surface area contributed by atoms with Crippen molar-refractivity contribution in [2.24, 2.45) is 0 Å². The van der Waals surface area contributed by atoms with Crippen LogP contribution in [0, 0.1) is 0 Å². The van der Waals surface area contributed by atoms with E-state index >= 15 is 0 Å². The van der Waals surface area contributed by atoms with E-state index in [1.165, 1.54) is 0 Å². The first-order valence-electron chi connectivity index (χ1n) is 7.49. The maximum absolute atomic E-state index is 5.69. The molecule has 2 aromatic rings. The average molecular weight is 292 g/mol. The number of hydrogen-bond acceptors (Lipinski definition) is 6. The number of nitrogens with zero attached hydrogens (tertiary/aromatic N) is 4. The van der Waals surface area contributed by atoms with E-state index in [-0.39, 0.29) is 17.3 Å². The van der Waals surface area contributed by atoms with Gasteiger partial charge >= 0.3 is 0 Å². The van der Waals surface area contributed by atoms with Crippen molar-refractivity contribution in [2.75, 3.05) is 0 Å². The third-order valence-electron chi connectivity index (χ3n) is 3.56. The Labute approximate surface area is 125 Å². The zero-order chi connectivity index (χ0) is 15.6. The zero-order valence-corrected chi connectivity index (χ0v) is 13.7. The molecule has 0 aliphatic rings. The molecule has 0 radical (unpaired) electrons. The minimum Gasteiger partial charge on any atom is -0.425 e. The summed E-state index contributed by atoms with van der Waals surface area (Å²) in [6.45, 7) is 12.4. The monoisotopic (exact) mass is 292 g/mol. The lowest BCUT2D eigenvalue weighted by Crippen LogP contribution is -2.20. The Hall–Kier alpha value is -1.72. The third kappa shape index (κ3) is 3.49. The molecular weight excluding hydrogens is 268 g/mol. The summed E-state index contributed by atoms with van der Waals surface area (Å²) in [7, 11) is 0. The molecule has 0 N–H and O–H groups in total. The molecule has 0 aliphatic heterocycles. The predicted octanol–water partition coefficient (Wildman–Crippen LogP) is 3.61. The standard InChI is InChI=1S/C15H24N4O2/c1-7-11-17-18-14(20-11)15(5,6)8-10(4)13-16-12(9(2)3)19-21-13/h9-10H,7-8H2,1-6H3. The molecule has 0 fully saturated rings. The van der Waals surface area contributed by atoms with Gasteiger partial charge in [0.15, 0.2) is 5.82 Å². The molecule has 0 aromatic carbocycles. The Morgan fingerprint density at radius 2 is 1.86 bits per heavy atom. The van der Waals surface area contributed by atoms with Crippen LogP contribution < -0.4 is 0 Å². The normalized spacial score (nSPS) is 13.9. The predicted molar refractivity (Wildman–Crippen MR) is 78.1 cm³/mol. The van der Waals surface area contributed by atoms with Gasteiger partial charge in [-0.1, -0.05) is 46.7 Å². The quantitative estimate of drug-likeness (QED) is 0.809. The van der Waals surface area contributed by atoms with Crippen molar-refractivity contribution in [3.8, 4) is 0 Å². The molecule has 0 saturated carbocycles. The minimum atomic E-state index is -0.230. The first kappa shape index (κ1) is 15.7. The van der Waals surface area contributed by atoms with Crippen LogP contribution >= 0.6 is 0 Å². The number of rotatable bonds is 6. The van der Waals surface area contributed by atoms with E-state index in [1.54, 1.807) is 0 Å². The first-order valence-corrected chi connectivity index (χ1v) is 7.49. The second-order valence-corrected chi connectivity index (χ2v) is 6.49. The highest BCUT2D eigenvalue weighted by Crippen LogP contribution is 2.33. The summed E-state index contributed by atoms with van der Waals surface area (Å²) in [5.41, 5.74) is -0.230. The molecule has 6 nitrogen and oxygen atoms in total. The van der Waals surface area contributed by atoms with E-state index in [9.17, 15) is 0 Å². The molecule has 116 valence electrons. The van der Waals surface area contributed by atoms with Crippen molar-refractivity contribution < 1.29 is 8.94 Å². The molecule has 0 saturated heterocycles. The summed E-state index contributed by atoms with van der Waals surface area (Å²) >= 11 is 0. The summed E-state index contributed by atoms with van der Waals surface area (Å²) < 4.78 is 11.1. The second-order valence-electron chi connectivity index (χ2n) is 6.49. The zero-order valence-electron chi connectivity index (χ0n) is 13.7. The molecule has 1 atom stereocenters. The van der Waals surface area contributed by atoms with Crippen LogP contribution in [0.1, 0.15) is 83.3 Å². The maximum atomic E-state index is 5.69. The fourth-order valence-electron chi connectivity index (χ4n) is 2.29. The fourth-order valence-corrected chi connectivity index (χ4v) is 2.29. The van der Waals surface area contributed by atoms with Gasteiger partial charge < -0.3 is 8.94 Å². The van der Waals surface area contributed by atoms with Gasteiger partial charge in [-0.15, -0.1) is 10.2 Å². The molecule has 21 heavy (non-hydrogen) atoms. The first-order chi connectivity index (χ1) is 9.83. The Bertz CT molecular complexity index is 586. The van der Waals surface area contributed by atoms with E-state index in [1.807, 2.05) is 20.8 Å². The van der Waals surface area contributed by atoms with Crippen LogP contribution in [0.3, 0.4) is 0 Å². The average Bonchev–Trinajstić information content (AvgIpc) is 3.07. The topological polar surface area (TPSA) is 77.8 Å². The molecule has 2 aromatic heterocycles. The van der Waals surface area contributed by atoms with E-state index in [0.717, 1.165) is 18.7 Å².